The molecular weight excluding hydrogens is 354 g/mol. The Morgan fingerprint density at radius 3 is 2.24 bits per heavy atom. The molecule has 1 aliphatic heterocycles. The van der Waals surface area contributed by atoms with Gasteiger partial charge in [0.15, 0.2) is 0 Å². The van der Waals surface area contributed by atoms with Crippen LogP contribution in [0, 0.1) is 20.8 Å². The molecule has 3 aromatic carbocycles. The highest BCUT2D eigenvalue weighted by Gasteiger charge is 2.27. The third kappa shape index (κ3) is 3.05. The van der Waals surface area contributed by atoms with Crippen molar-refractivity contribution >= 4 is 0 Å². The van der Waals surface area contributed by atoms with Crippen LogP contribution in [0.3, 0.4) is 0 Å². The molecule has 0 aliphatic carbocycles. The molecule has 0 bridgehead atoms. The van der Waals surface area contributed by atoms with Crippen LogP contribution in [-0.4, -0.2) is 4.57 Å². The number of fused-ring (bicyclic) bond motifs is 3. The quantitative estimate of drug-likeness (QED) is 0.387. The van der Waals surface area contributed by atoms with E-state index in [1.54, 1.807) is 0 Å². The summed E-state index contributed by atoms with van der Waals surface area (Å²) in [5.74, 6) is 0.971. The van der Waals surface area contributed by atoms with Crippen LogP contribution in [0.4, 0.5) is 0 Å². The molecule has 0 fully saturated rings. The number of nitrogens with zero attached hydrogens (tertiary/aromatic N) is 1. The molecule has 0 unspecified atom stereocenters. The first-order valence-electron chi connectivity index (χ1n) is 10.2. The molecule has 4 aromatic rings. The summed E-state index contributed by atoms with van der Waals surface area (Å²) in [5, 5.41) is 0. The van der Waals surface area contributed by atoms with Crippen LogP contribution in [0.15, 0.2) is 72.8 Å². The molecule has 0 N–H and O–H groups in total. The van der Waals surface area contributed by atoms with Crippen molar-refractivity contribution < 1.29 is 4.74 Å². The first-order valence-corrected chi connectivity index (χ1v) is 10.2. The monoisotopic (exact) mass is 379 g/mol. The summed E-state index contributed by atoms with van der Waals surface area (Å²) < 4.78 is 8.61. The molecule has 0 amide bonds. The summed E-state index contributed by atoms with van der Waals surface area (Å²) in [6.07, 6.45) is 0. The molecule has 5 rings (SSSR count). The highest BCUT2D eigenvalue weighted by molar-refractivity contribution is 5.81. The van der Waals surface area contributed by atoms with Crippen molar-refractivity contribution in [3.05, 3.63) is 101 Å². The standard InChI is InChI=1S/C27H25NO/c1-18-13-19(2)15-22(14-18)26-20(3)24-17-29-25-12-8-7-11-23(25)27(24)28(26)16-21-9-5-4-6-10-21/h4-15H,16-17H2,1-3H3. The molecule has 29 heavy (non-hydrogen) atoms. The van der Waals surface area contributed by atoms with E-state index in [-0.39, 0.29) is 0 Å². The van der Waals surface area contributed by atoms with Gasteiger partial charge in [0.25, 0.3) is 0 Å². The van der Waals surface area contributed by atoms with Crippen LogP contribution in [0.25, 0.3) is 22.5 Å². The Kier molecular flexibility index (Phi) is 4.28. The number of hydrogen-bond acceptors (Lipinski definition) is 1. The number of rotatable bonds is 3. The zero-order valence-corrected chi connectivity index (χ0v) is 17.2. The second-order valence-electron chi connectivity index (χ2n) is 8.03. The summed E-state index contributed by atoms with van der Waals surface area (Å²) in [4.78, 5) is 0. The summed E-state index contributed by atoms with van der Waals surface area (Å²) in [7, 11) is 0. The summed E-state index contributed by atoms with van der Waals surface area (Å²) in [5.41, 5.74) is 11.6. The predicted octanol–water partition coefficient (Wildman–Crippen LogP) is 6.69. The predicted molar refractivity (Wildman–Crippen MR) is 119 cm³/mol. The van der Waals surface area contributed by atoms with Gasteiger partial charge in [-0.2, -0.15) is 0 Å². The van der Waals surface area contributed by atoms with Crippen LogP contribution in [0.1, 0.15) is 27.8 Å². The van der Waals surface area contributed by atoms with Gasteiger partial charge in [0.1, 0.15) is 12.4 Å². The molecule has 0 atom stereocenters. The lowest BCUT2D eigenvalue weighted by atomic mass is 9.99. The largest absolute Gasteiger partial charge is 0.488 e. The maximum absolute atomic E-state index is 6.12. The molecule has 2 heterocycles. The van der Waals surface area contributed by atoms with Crippen molar-refractivity contribution in [3.63, 3.8) is 0 Å². The Morgan fingerprint density at radius 1 is 0.793 bits per heavy atom. The zero-order chi connectivity index (χ0) is 20.0. The molecule has 2 nitrogen and oxygen atoms in total. The van der Waals surface area contributed by atoms with Crippen LogP contribution >= 0.6 is 0 Å². The van der Waals surface area contributed by atoms with Gasteiger partial charge in [-0.3, -0.25) is 0 Å². The number of benzene rings is 3. The fraction of sp³-hybridized carbons (Fsp3) is 0.185. The maximum Gasteiger partial charge on any atom is 0.129 e. The van der Waals surface area contributed by atoms with Gasteiger partial charge < -0.3 is 9.30 Å². The fourth-order valence-electron chi connectivity index (χ4n) is 4.63. The first kappa shape index (κ1) is 17.8. The Hall–Kier alpha value is -3.26. The number of hydrogen-bond donors (Lipinski definition) is 0. The van der Waals surface area contributed by atoms with E-state index in [2.05, 4.69) is 92.1 Å². The molecule has 0 saturated carbocycles. The molecule has 0 radical (unpaired) electrons. The number of para-hydroxylation sites is 1. The Bertz CT molecular complexity index is 1180. The van der Waals surface area contributed by atoms with E-state index in [1.165, 1.54) is 50.3 Å². The van der Waals surface area contributed by atoms with Crippen molar-refractivity contribution in [2.45, 2.75) is 33.9 Å². The topological polar surface area (TPSA) is 14.2 Å². The summed E-state index contributed by atoms with van der Waals surface area (Å²) >= 11 is 0. The Morgan fingerprint density at radius 2 is 1.48 bits per heavy atom. The Balaban J connectivity index is 1.80. The molecular formula is C27H25NO. The van der Waals surface area contributed by atoms with Crippen LogP contribution < -0.4 is 4.74 Å². The van der Waals surface area contributed by atoms with Crippen molar-refractivity contribution in [1.82, 2.24) is 4.57 Å². The lowest BCUT2D eigenvalue weighted by molar-refractivity contribution is 0.301. The van der Waals surface area contributed by atoms with Gasteiger partial charge in [-0.05, 0) is 61.7 Å². The molecule has 1 aliphatic rings. The van der Waals surface area contributed by atoms with E-state index < -0.39 is 0 Å². The number of aromatic nitrogens is 1. The smallest absolute Gasteiger partial charge is 0.129 e. The van der Waals surface area contributed by atoms with Gasteiger partial charge in [0, 0.05) is 17.7 Å². The first-order chi connectivity index (χ1) is 14.1. The van der Waals surface area contributed by atoms with E-state index in [9.17, 15) is 0 Å². The van der Waals surface area contributed by atoms with Crippen LogP contribution in [-0.2, 0) is 13.2 Å². The van der Waals surface area contributed by atoms with Gasteiger partial charge in [0.05, 0.1) is 11.4 Å². The number of aryl methyl sites for hydroxylation is 2. The van der Waals surface area contributed by atoms with Gasteiger partial charge >= 0.3 is 0 Å². The molecule has 144 valence electrons. The van der Waals surface area contributed by atoms with Gasteiger partial charge in [-0.25, -0.2) is 0 Å². The molecule has 0 spiro atoms. The fourth-order valence-corrected chi connectivity index (χ4v) is 4.63. The average Bonchev–Trinajstić information content (AvgIpc) is 3.00. The van der Waals surface area contributed by atoms with Crippen molar-refractivity contribution in [2.24, 2.45) is 0 Å². The molecule has 1 aromatic heterocycles. The van der Waals surface area contributed by atoms with Crippen molar-refractivity contribution in [1.29, 1.82) is 0 Å². The zero-order valence-electron chi connectivity index (χ0n) is 17.2. The SMILES string of the molecule is Cc1cc(C)cc(-c2c(C)c3c(n2Cc2ccccc2)-c2ccccc2OC3)c1. The minimum absolute atomic E-state index is 0.623. The second-order valence-corrected chi connectivity index (χ2v) is 8.03. The highest BCUT2D eigenvalue weighted by atomic mass is 16.5. The molecule has 2 heteroatoms. The molecule has 0 saturated heterocycles. The third-order valence-electron chi connectivity index (χ3n) is 5.83. The minimum Gasteiger partial charge on any atom is -0.488 e. The van der Waals surface area contributed by atoms with Gasteiger partial charge in [-0.15, -0.1) is 0 Å². The second kappa shape index (κ2) is 6.97. The van der Waals surface area contributed by atoms with Crippen molar-refractivity contribution in [3.8, 4) is 28.3 Å². The van der Waals surface area contributed by atoms with E-state index in [1.807, 2.05) is 6.07 Å². The third-order valence-corrected chi connectivity index (χ3v) is 5.83. The van der Waals surface area contributed by atoms with Crippen molar-refractivity contribution in [2.75, 3.05) is 0 Å². The maximum atomic E-state index is 6.12. The normalized spacial score (nSPS) is 12.2. The van der Waals surface area contributed by atoms with Gasteiger partial charge in [0.2, 0.25) is 0 Å². The Labute approximate surface area is 172 Å². The van der Waals surface area contributed by atoms with E-state index in [0.717, 1.165) is 12.3 Å². The van der Waals surface area contributed by atoms with E-state index in [0.29, 0.717) is 6.61 Å². The lowest BCUT2D eigenvalue weighted by Crippen LogP contribution is -2.09. The van der Waals surface area contributed by atoms with Gasteiger partial charge in [-0.1, -0.05) is 59.7 Å². The van der Waals surface area contributed by atoms with Crippen LogP contribution in [0.2, 0.25) is 0 Å². The van der Waals surface area contributed by atoms with Crippen LogP contribution in [0.5, 0.6) is 5.75 Å². The number of ether oxygens (including phenoxy) is 1. The minimum atomic E-state index is 0.623. The summed E-state index contributed by atoms with van der Waals surface area (Å²) in [6, 6.07) is 26.0. The summed E-state index contributed by atoms with van der Waals surface area (Å²) in [6.45, 7) is 8.05. The van der Waals surface area contributed by atoms with E-state index in [4.69, 9.17) is 4.74 Å². The lowest BCUT2D eigenvalue weighted by Gasteiger charge is -2.21. The van der Waals surface area contributed by atoms with E-state index >= 15 is 0 Å². The average molecular weight is 380 g/mol. The highest BCUT2D eigenvalue weighted by Crippen LogP contribution is 2.44.